The first-order valence-electron chi connectivity index (χ1n) is 8.89. The molecule has 28 heavy (non-hydrogen) atoms. The predicted octanol–water partition coefficient (Wildman–Crippen LogP) is 3.84. The van der Waals surface area contributed by atoms with Gasteiger partial charge in [-0.1, -0.05) is 34.1 Å². The molecule has 1 amide bonds. The maximum Gasteiger partial charge on any atom is 0.328 e. The molecule has 146 valence electrons. The number of aromatic nitrogens is 1. The Hall–Kier alpha value is -2.80. The largest absolute Gasteiger partial charge is 0.493 e. The fraction of sp³-hybridized carbons (Fsp3) is 0.238. The van der Waals surface area contributed by atoms with Gasteiger partial charge in [-0.2, -0.15) is 0 Å². The van der Waals surface area contributed by atoms with E-state index in [2.05, 4.69) is 26.2 Å². The van der Waals surface area contributed by atoms with Gasteiger partial charge < -0.3 is 19.8 Å². The molecule has 0 bridgehead atoms. The van der Waals surface area contributed by atoms with Gasteiger partial charge in [0.1, 0.15) is 11.8 Å². The van der Waals surface area contributed by atoms with E-state index in [1.807, 2.05) is 37.4 Å². The molecule has 0 spiro atoms. The van der Waals surface area contributed by atoms with Gasteiger partial charge in [0.15, 0.2) is 0 Å². The van der Waals surface area contributed by atoms with Crippen molar-refractivity contribution in [2.45, 2.75) is 19.4 Å². The number of methoxy groups -OCH3 is 1. The topological polar surface area (TPSA) is 80.4 Å². The molecule has 1 aromatic heterocycles. The molecule has 3 rings (SSSR count). The molecule has 0 fully saturated rings. The van der Waals surface area contributed by atoms with E-state index in [4.69, 9.17) is 9.47 Å². The average Bonchev–Trinajstić information content (AvgIpc) is 3.11. The lowest BCUT2D eigenvalue weighted by Gasteiger charge is -2.18. The molecule has 0 aliphatic carbocycles. The van der Waals surface area contributed by atoms with Gasteiger partial charge in [0, 0.05) is 28.0 Å². The molecule has 0 saturated carbocycles. The Bertz CT molecular complexity index is 999. The van der Waals surface area contributed by atoms with Gasteiger partial charge in [-0.15, -0.1) is 0 Å². The van der Waals surface area contributed by atoms with E-state index >= 15 is 0 Å². The molecule has 0 radical (unpaired) electrons. The van der Waals surface area contributed by atoms with Crippen LogP contribution in [0.15, 0.2) is 53.1 Å². The zero-order valence-electron chi connectivity index (χ0n) is 15.6. The number of para-hydroxylation sites is 1. The molecule has 6 nitrogen and oxygen atoms in total. The standard InChI is InChI=1S/C21H21BrN2O4/c1-3-28-19-9-8-14(22)11-16(19)20(25)24-18(21(26)27-2)10-13-12-23-17-7-5-4-6-15(13)17/h4-9,11-12,18,23H,3,10H2,1-2H3,(H,24,25). The molecule has 1 unspecified atom stereocenters. The van der Waals surface area contributed by atoms with Crippen LogP contribution in [-0.4, -0.2) is 36.6 Å². The summed E-state index contributed by atoms with van der Waals surface area (Å²) in [6, 6.07) is 12.2. The summed E-state index contributed by atoms with van der Waals surface area (Å²) in [7, 11) is 1.31. The molecule has 0 aliphatic heterocycles. The van der Waals surface area contributed by atoms with Crippen LogP contribution in [0.1, 0.15) is 22.8 Å². The van der Waals surface area contributed by atoms with Crippen molar-refractivity contribution in [1.82, 2.24) is 10.3 Å². The van der Waals surface area contributed by atoms with Crippen molar-refractivity contribution in [2.24, 2.45) is 0 Å². The van der Waals surface area contributed by atoms with E-state index in [1.54, 1.807) is 18.2 Å². The summed E-state index contributed by atoms with van der Waals surface area (Å²) in [5.41, 5.74) is 2.24. The number of esters is 1. The number of halogens is 1. The third kappa shape index (κ3) is 4.36. The normalized spacial score (nSPS) is 11.8. The molecule has 1 atom stereocenters. The Morgan fingerprint density at radius 2 is 2.00 bits per heavy atom. The molecule has 0 saturated heterocycles. The van der Waals surface area contributed by atoms with Gasteiger partial charge in [0.05, 0.1) is 19.3 Å². The van der Waals surface area contributed by atoms with E-state index in [0.717, 1.165) is 20.9 Å². The Morgan fingerprint density at radius 3 is 2.75 bits per heavy atom. The number of amides is 1. The van der Waals surface area contributed by atoms with Crippen molar-refractivity contribution in [1.29, 1.82) is 0 Å². The summed E-state index contributed by atoms with van der Waals surface area (Å²) < 4.78 is 11.2. The summed E-state index contributed by atoms with van der Waals surface area (Å²) in [5.74, 6) is -0.453. The first-order chi connectivity index (χ1) is 13.5. The Balaban J connectivity index is 1.86. The number of fused-ring (bicyclic) bond motifs is 1. The molecule has 2 N–H and O–H groups in total. The number of carbonyl (C=O) groups is 2. The minimum atomic E-state index is -0.829. The van der Waals surface area contributed by atoms with E-state index < -0.39 is 17.9 Å². The molecule has 7 heteroatoms. The lowest BCUT2D eigenvalue weighted by molar-refractivity contribution is -0.142. The summed E-state index contributed by atoms with van der Waals surface area (Å²) in [5, 5.41) is 3.79. The average molecular weight is 445 g/mol. The second-order valence-corrected chi connectivity index (χ2v) is 7.10. The molecule has 2 aromatic carbocycles. The summed E-state index contributed by atoms with van der Waals surface area (Å²) in [6.07, 6.45) is 2.15. The van der Waals surface area contributed by atoms with Gasteiger partial charge in [0.2, 0.25) is 0 Å². The van der Waals surface area contributed by atoms with E-state index in [1.165, 1.54) is 7.11 Å². The molecular formula is C21H21BrN2O4. The highest BCUT2D eigenvalue weighted by Crippen LogP contribution is 2.24. The second-order valence-electron chi connectivity index (χ2n) is 6.19. The van der Waals surface area contributed by atoms with Crippen LogP contribution in [0.25, 0.3) is 10.9 Å². The van der Waals surface area contributed by atoms with Crippen molar-refractivity contribution in [3.63, 3.8) is 0 Å². The number of aromatic amines is 1. The molecule has 0 aliphatic rings. The lowest BCUT2D eigenvalue weighted by Crippen LogP contribution is -2.43. The number of rotatable bonds is 7. The lowest BCUT2D eigenvalue weighted by atomic mass is 10.0. The second kappa shape index (κ2) is 8.93. The van der Waals surface area contributed by atoms with Crippen molar-refractivity contribution in [3.8, 4) is 5.75 Å². The minimum absolute atomic E-state index is 0.306. The fourth-order valence-electron chi connectivity index (χ4n) is 3.05. The van der Waals surface area contributed by atoms with Crippen LogP contribution in [0.3, 0.4) is 0 Å². The van der Waals surface area contributed by atoms with Crippen LogP contribution in [0.2, 0.25) is 0 Å². The van der Waals surface area contributed by atoms with E-state index in [0.29, 0.717) is 24.3 Å². The van der Waals surface area contributed by atoms with Gasteiger partial charge in [-0.05, 0) is 36.8 Å². The molecule has 3 aromatic rings. The van der Waals surface area contributed by atoms with E-state index in [-0.39, 0.29) is 0 Å². The van der Waals surface area contributed by atoms with Gasteiger partial charge >= 0.3 is 5.97 Å². The maximum absolute atomic E-state index is 12.9. The Morgan fingerprint density at radius 1 is 1.21 bits per heavy atom. The number of ether oxygens (including phenoxy) is 2. The van der Waals surface area contributed by atoms with Crippen LogP contribution in [0.4, 0.5) is 0 Å². The number of hydrogen-bond acceptors (Lipinski definition) is 4. The first kappa shape index (κ1) is 19.9. The highest BCUT2D eigenvalue weighted by atomic mass is 79.9. The van der Waals surface area contributed by atoms with Crippen LogP contribution >= 0.6 is 15.9 Å². The monoisotopic (exact) mass is 444 g/mol. The zero-order valence-corrected chi connectivity index (χ0v) is 17.2. The first-order valence-corrected chi connectivity index (χ1v) is 9.68. The van der Waals surface area contributed by atoms with Gasteiger partial charge in [0.25, 0.3) is 5.91 Å². The number of benzene rings is 2. The summed E-state index contributed by atoms with van der Waals surface area (Å²) in [6.45, 7) is 2.27. The Kier molecular flexibility index (Phi) is 6.36. The molecule has 1 heterocycles. The minimum Gasteiger partial charge on any atom is -0.493 e. The van der Waals surface area contributed by atoms with Crippen molar-refractivity contribution in [2.75, 3.05) is 13.7 Å². The highest BCUT2D eigenvalue weighted by molar-refractivity contribution is 9.10. The SMILES string of the molecule is CCOc1ccc(Br)cc1C(=O)NC(Cc1c[nH]c2ccccc12)C(=O)OC. The van der Waals surface area contributed by atoms with Crippen molar-refractivity contribution in [3.05, 3.63) is 64.3 Å². The van der Waals surface area contributed by atoms with Crippen LogP contribution in [0.5, 0.6) is 5.75 Å². The molecular weight excluding hydrogens is 424 g/mol. The van der Waals surface area contributed by atoms with Crippen molar-refractivity contribution >= 4 is 38.7 Å². The number of carbonyl (C=O) groups excluding carboxylic acids is 2. The van der Waals surface area contributed by atoms with Crippen LogP contribution in [-0.2, 0) is 16.0 Å². The third-order valence-corrected chi connectivity index (χ3v) is 4.87. The summed E-state index contributed by atoms with van der Waals surface area (Å²) in [4.78, 5) is 28.4. The summed E-state index contributed by atoms with van der Waals surface area (Å²) >= 11 is 3.37. The quantitative estimate of drug-likeness (QED) is 0.542. The highest BCUT2D eigenvalue weighted by Gasteiger charge is 2.25. The van der Waals surface area contributed by atoms with E-state index in [9.17, 15) is 9.59 Å². The fourth-order valence-corrected chi connectivity index (χ4v) is 3.41. The number of hydrogen-bond donors (Lipinski definition) is 2. The Labute approximate surface area is 171 Å². The third-order valence-electron chi connectivity index (χ3n) is 4.38. The smallest absolute Gasteiger partial charge is 0.328 e. The van der Waals surface area contributed by atoms with Crippen molar-refractivity contribution < 1.29 is 19.1 Å². The maximum atomic E-state index is 12.9. The zero-order chi connectivity index (χ0) is 20.1. The number of nitrogens with one attached hydrogen (secondary N) is 2. The van der Waals surface area contributed by atoms with Gasteiger partial charge in [-0.25, -0.2) is 4.79 Å². The van der Waals surface area contributed by atoms with Crippen LogP contribution in [0, 0.1) is 0 Å². The number of H-pyrrole nitrogens is 1. The predicted molar refractivity (Wildman–Crippen MR) is 111 cm³/mol. The van der Waals surface area contributed by atoms with Gasteiger partial charge in [-0.3, -0.25) is 4.79 Å². The van der Waals surface area contributed by atoms with Crippen LogP contribution < -0.4 is 10.1 Å².